The van der Waals surface area contributed by atoms with Crippen molar-refractivity contribution in [3.8, 4) is 5.75 Å². The molecule has 0 aliphatic carbocycles. The molecule has 2 amide bonds. The van der Waals surface area contributed by atoms with E-state index >= 15 is 0 Å². The van der Waals surface area contributed by atoms with Gasteiger partial charge >= 0.3 is 0 Å². The highest BCUT2D eigenvalue weighted by Crippen LogP contribution is 2.30. The van der Waals surface area contributed by atoms with Gasteiger partial charge in [0.05, 0.1) is 19.7 Å². The van der Waals surface area contributed by atoms with Crippen LogP contribution in [0.4, 0.5) is 0 Å². The molecular formula is C26H35N3O5. The standard InChI is InChI=1S/C26H35N3O5/c1-3-4-13-28-14-16-32-22-11-6-5-9-21(22)10-7-8-12-26(25(28)31)18-29(15-17-34-26)24(30)23-20(2)33-19-27-23/h5-6,9,11,19H,3-4,7-8,10,12-18H2,1-2H3. The SMILES string of the molecule is CCCCN1CCOc2ccccc2CCCCC2(CN(C(=O)c3ncoc3C)CCO2)C1=O. The number of aromatic nitrogens is 1. The first kappa shape index (κ1) is 24.3. The van der Waals surface area contributed by atoms with Crippen molar-refractivity contribution in [1.29, 1.82) is 0 Å². The molecular weight excluding hydrogens is 434 g/mol. The summed E-state index contributed by atoms with van der Waals surface area (Å²) < 4.78 is 17.6. The van der Waals surface area contributed by atoms with E-state index < -0.39 is 5.60 Å². The highest BCUT2D eigenvalue weighted by atomic mass is 16.5. The Hall–Kier alpha value is -2.87. The van der Waals surface area contributed by atoms with E-state index in [-0.39, 0.29) is 18.4 Å². The first-order valence-electron chi connectivity index (χ1n) is 12.4. The number of oxazole rings is 1. The Morgan fingerprint density at radius 3 is 2.82 bits per heavy atom. The second-order valence-corrected chi connectivity index (χ2v) is 9.14. The smallest absolute Gasteiger partial charge is 0.276 e. The third-order valence-electron chi connectivity index (χ3n) is 6.75. The summed E-state index contributed by atoms with van der Waals surface area (Å²) in [5, 5.41) is 0. The fourth-order valence-electron chi connectivity index (χ4n) is 4.80. The number of amides is 2. The van der Waals surface area contributed by atoms with E-state index in [1.165, 1.54) is 12.0 Å². The minimum atomic E-state index is -1.06. The predicted octanol–water partition coefficient (Wildman–Crippen LogP) is 3.63. The van der Waals surface area contributed by atoms with Crippen LogP contribution in [0.15, 0.2) is 35.1 Å². The van der Waals surface area contributed by atoms with Crippen LogP contribution in [0, 0.1) is 6.92 Å². The van der Waals surface area contributed by atoms with Gasteiger partial charge in [-0.3, -0.25) is 9.59 Å². The largest absolute Gasteiger partial charge is 0.491 e. The molecule has 0 N–H and O–H groups in total. The number of para-hydroxylation sites is 1. The third kappa shape index (κ3) is 5.27. The molecule has 2 aliphatic heterocycles. The van der Waals surface area contributed by atoms with Crippen LogP contribution >= 0.6 is 0 Å². The van der Waals surface area contributed by atoms with Gasteiger partial charge in [-0.05, 0) is 50.7 Å². The van der Waals surface area contributed by atoms with Gasteiger partial charge in [0, 0.05) is 13.1 Å². The van der Waals surface area contributed by atoms with Gasteiger partial charge in [0.2, 0.25) is 0 Å². The predicted molar refractivity (Wildman–Crippen MR) is 127 cm³/mol. The van der Waals surface area contributed by atoms with Gasteiger partial charge < -0.3 is 23.7 Å². The number of unbranched alkanes of at least 4 members (excludes halogenated alkanes) is 1. The van der Waals surface area contributed by atoms with Crippen molar-refractivity contribution in [2.75, 3.05) is 39.4 Å². The number of fused-ring (bicyclic) bond motifs is 1. The molecule has 2 aromatic rings. The summed E-state index contributed by atoms with van der Waals surface area (Å²) in [6, 6.07) is 8.12. The third-order valence-corrected chi connectivity index (χ3v) is 6.75. The van der Waals surface area contributed by atoms with Crippen LogP contribution in [0.1, 0.15) is 60.8 Å². The molecule has 8 heteroatoms. The zero-order chi connectivity index (χ0) is 24.0. The van der Waals surface area contributed by atoms with Crippen LogP contribution < -0.4 is 4.74 Å². The number of benzene rings is 1. The maximum atomic E-state index is 14.0. The van der Waals surface area contributed by atoms with Crippen LogP contribution in [0.2, 0.25) is 0 Å². The topological polar surface area (TPSA) is 85.1 Å². The number of carbonyl (C=O) groups excluding carboxylic acids is 2. The lowest BCUT2D eigenvalue weighted by molar-refractivity contribution is -0.170. The van der Waals surface area contributed by atoms with Gasteiger partial charge in [0.25, 0.3) is 11.8 Å². The van der Waals surface area contributed by atoms with Gasteiger partial charge in [-0.15, -0.1) is 0 Å². The molecule has 4 rings (SSSR count). The molecule has 3 heterocycles. The molecule has 1 spiro atoms. The second kappa shape index (κ2) is 11.0. The van der Waals surface area contributed by atoms with E-state index in [0.29, 0.717) is 50.7 Å². The van der Waals surface area contributed by atoms with Crippen molar-refractivity contribution < 1.29 is 23.5 Å². The number of ether oxygens (including phenoxy) is 2. The summed E-state index contributed by atoms with van der Waals surface area (Å²) >= 11 is 0. The van der Waals surface area contributed by atoms with Crippen molar-refractivity contribution >= 4 is 11.8 Å². The zero-order valence-corrected chi connectivity index (χ0v) is 20.3. The molecule has 0 radical (unpaired) electrons. The van der Waals surface area contributed by atoms with Crippen LogP contribution in [0.3, 0.4) is 0 Å². The van der Waals surface area contributed by atoms with Crippen LogP contribution in [-0.2, 0) is 16.0 Å². The van der Waals surface area contributed by atoms with Crippen molar-refractivity contribution in [3.05, 3.63) is 47.7 Å². The quantitative estimate of drug-likeness (QED) is 0.680. The molecule has 2 aliphatic rings. The summed E-state index contributed by atoms with van der Waals surface area (Å²) in [5.41, 5.74) is 0.426. The van der Waals surface area contributed by atoms with Crippen molar-refractivity contribution in [1.82, 2.24) is 14.8 Å². The average molecular weight is 470 g/mol. The lowest BCUT2D eigenvalue weighted by Crippen LogP contribution is -2.62. The molecule has 0 bridgehead atoms. The molecule has 1 fully saturated rings. The summed E-state index contributed by atoms with van der Waals surface area (Å²) in [7, 11) is 0. The molecule has 184 valence electrons. The molecule has 0 saturated carbocycles. The number of aryl methyl sites for hydroxylation is 2. The summed E-state index contributed by atoms with van der Waals surface area (Å²) in [6.07, 6.45) is 6.33. The van der Waals surface area contributed by atoms with Gasteiger partial charge in [0.15, 0.2) is 17.7 Å². The Bertz CT molecular complexity index is 990. The average Bonchev–Trinajstić information content (AvgIpc) is 3.29. The first-order chi connectivity index (χ1) is 16.5. The number of rotatable bonds is 4. The second-order valence-electron chi connectivity index (χ2n) is 9.14. The fraction of sp³-hybridized carbons (Fsp3) is 0.577. The summed E-state index contributed by atoms with van der Waals surface area (Å²) in [6.45, 7) is 6.33. The number of hydrogen-bond donors (Lipinski definition) is 0. The van der Waals surface area contributed by atoms with E-state index in [1.807, 2.05) is 23.1 Å². The number of morpholine rings is 1. The number of carbonyl (C=O) groups is 2. The molecule has 1 aromatic carbocycles. The Balaban J connectivity index is 1.59. The lowest BCUT2D eigenvalue weighted by Gasteiger charge is -2.44. The minimum absolute atomic E-state index is 0.0483. The Morgan fingerprint density at radius 1 is 1.18 bits per heavy atom. The van der Waals surface area contributed by atoms with Crippen molar-refractivity contribution in [2.45, 2.75) is 58.0 Å². The van der Waals surface area contributed by atoms with E-state index in [9.17, 15) is 9.59 Å². The van der Waals surface area contributed by atoms with Crippen molar-refractivity contribution in [2.24, 2.45) is 0 Å². The van der Waals surface area contributed by atoms with E-state index in [0.717, 1.165) is 37.9 Å². The monoisotopic (exact) mass is 469 g/mol. The minimum Gasteiger partial charge on any atom is -0.491 e. The number of hydrogen-bond acceptors (Lipinski definition) is 6. The molecule has 1 atom stereocenters. The maximum Gasteiger partial charge on any atom is 0.276 e. The van der Waals surface area contributed by atoms with E-state index in [1.54, 1.807) is 11.8 Å². The molecule has 1 saturated heterocycles. The molecule has 8 nitrogen and oxygen atoms in total. The Labute approximate surface area is 201 Å². The first-order valence-corrected chi connectivity index (χ1v) is 12.4. The van der Waals surface area contributed by atoms with Crippen molar-refractivity contribution in [3.63, 3.8) is 0 Å². The maximum absolute atomic E-state index is 14.0. The summed E-state index contributed by atoms with van der Waals surface area (Å²) in [4.78, 5) is 34.8. The van der Waals surface area contributed by atoms with Crippen LogP contribution in [0.25, 0.3) is 0 Å². The Kier molecular flexibility index (Phi) is 7.88. The summed E-state index contributed by atoms with van der Waals surface area (Å²) in [5.74, 6) is 1.11. The normalized spacial score (nSPS) is 22.0. The Morgan fingerprint density at radius 2 is 2.03 bits per heavy atom. The van der Waals surface area contributed by atoms with Gasteiger partial charge in [0.1, 0.15) is 18.1 Å². The molecule has 1 unspecified atom stereocenters. The highest BCUT2D eigenvalue weighted by molar-refractivity contribution is 5.94. The van der Waals surface area contributed by atoms with Crippen LogP contribution in [0.5, 0.6) is 5.75 Å². The van der Waals surface area contributed by atoms with Gasteiger partial charge in [-0.1, -0.05) is 31.5 Å². The number of nitrogens with zero attached hydrogens (tertiary/aromatic N) is 3. The zero-order valence-electron chi connectivity index (χ0n) is 20.3. The van der Waals surface area contributed by atoms with Gasteiger partial charge in [-0.2, -0.15) is 0 Å². The highest BCUT2D eigenvalue weighted by Gasteiger charge is 2.47. The fourth-order valence-corrected chi connectivity index (χ4v) is 4.80. The van der Waals surface area contributed by atoms with Gasteiger partial charge in [-0.25, -0.2) is 4.98 Å². The van der Waals surface area contributed by atoms with E-state index in [2.05, 4.69) is 18.0 Å². The lowest BCUT2D eigenvalue weighted by atomic mass is 9.90. The molecule has 34 heavy (non-hydrogen) atoms. The van der Waals surface area contributed by atoms with E-state index in [4.69, 9.17) is 13.9 Å². The molecule has 1 aromatic heterocycles. The van der Waals surface area contributed by atoms with Crippen LogP contribution in [-0.4, -0.2) is 71.6 Å².